The third kappa shape index (κ3) is 3.62. The summed E-state index contributed by atoms with van der Waals surface area (Å²) in [7, 11) is 0. The third-order valence-corrected chi connectivity index (χ3v) is 4.75. The smallest absolute Gasteiger partial charge is 0.0307 e. The van der Waals surface area contributed by atoms with Gasteiger partial charge >= 0.3 is 0 Å². The fourth-order valence-electron chi connectivity index (χ4n) is 3.27. The minimum atomic E-state index is 0.0211. The molecule has 1 aromatic carbocycles. The number of hydrogen-bond donors (Lipinski definition) is 1. The average molecular weight is 276 g/mol. The van der Waals surface area contributed by atoms with Gasteiger partial charge in [0.15, 0.2) is 0 Å². The van der Waals surface area contributed by atoms with Crippen molar-refractivity contribution in [3.63, 3.8) is 0 Å². The summed E-state index contributed by atoms with van der Waals surface area (Å²) in [5.41, 5.74) is 12.1. The van der Waals surface area contributed by atoms with Crippen LogP contribution >= 0.6 is 0 Å². The fourth-order valence-corrected chi connectivity index (χ4v) is 3.27. The van der Waals surface area contributed by atoms with Gasteiger partial charge in [0, 0.05) is 11.6 Å². The monoisotopic (exact) mass is 276 g/mol. The van der Waals surface area contributed by atoms with Crippen LogP contribution in [0.3, 0.4) is 0 Å². The molecule has 2 heteroatoms. The van der Waals surface area contributed by atoms with Crippen LogP contribution in [0.2, 0.25) is 0 Å². The van der Waals surface area contributed by atoms with Gasteiger partial charge in [0.25, 0.3) is 0 Å². The number of hydrogen-bond acceptors (Lipinski definition) is 2. The Bertz CT molecular complexity index is 422. The highest BCUT2D eigenvalue weighted by Gasteiger charge is 2.31. The van der Waals surface area contributed by atoms with E-state index in [4.69, 9.17) is 5.73 Å². The van der Waals surface area contributed by atoms with Crippen LogP contribution in [0, 0.1) is 20.8 Å². The van der Waals surface area contributed by atoms with Crippen LogP contribution < -0.4 is 5.73 Å². The minimum absolute atomic E-state index is 0.0211. The van der Waals surface area contributed by atoms with Gasteiger partial charge in [0.2, 0.25) is 0 Å². The molecule has 114 valence electrons. The van der Waals surface area contributed by atoms with Crippen LogP contribution in [0.15, 0.2) is 12.1 Å². The molecule has 1 atom stereocenters. The highest BCUT2D eigenvalue weighted by Crippen LogP contribution is 2.24. The summed E-state index contributed by atoms with van der Waals surface area (Å²) in [4.78, 5) is 2.45. The lowest BCUT2D eigenvalue weighted by atomic mass is 9.85. The molecular formula is C18H32N2. The van der Waals surface area contributed by atoms with E-state index in [1.54, 1.807) is 0 Å². The van der Waals surface area contributed by atoms with Crippen molar-refractivity contribution in [2.45, 2.75) is 66.5 Å². The van der Waals surface area contributed by atoms with E-state index in [9.17, 15) is 0 Å². The van der Waals surface area contributed by atoms with Crippen molar-refractivity contribution >= 4 is 0 Å². The molecule has 0 heterocycles. The van der Waals surface area contributed by atoms with Gasteiger partial charge in [-0.2, -0.15) is 0 Å². The van der Waals surface area contributed by atoms with E-state index < -0.39 is 0 Å². The maximum absolute atomic E-state index is 6.57. The first kappa shape index (κ1) is 17.2. The molecule has 0 aromatic heterocycles. The second-order valence-corrected chi connectivity index (χ2v) is 6.51. The van der Waals surface area contributed by atoms with Crippen LogP contribution in [0.25, 0.3) is 0 Å². The fraction of sp³-hybridized carbons (Fsp3) is 0.667. The third-order valence-electron chi connectivity index (χ3n) is 4.75. The summed E-state index contributed by atoms with van der Waals surface area (Å²) in [5.74, 6) is 0. The summed E-state index contributed by atoms with van der Waals surface area (Å²) in [6.45, 7) is 17.6. The minimum Gasteiger partial charge on any atom is -0.326 e. The number of nitrogens with zero attached hydrogens (tertiary/aromatic N) is 1. The number of nitrogens with two attached hydrogens (primary N) is 1. The van der Waals surface area contributed by atoms with Gasteiger partial charge in [-0.15, -0.1) is 0 Å². The van der Waals surface area contributed by atoms with E-state index in [1.165, 1.54) is 22.3 Å². The zero-order valence-corrected chi connectivity index (χ0v) is 14.4. The van der Waals surface area contributed by atoms with Crippen molar-refractivity contribution in [1.29, 1.82) is 0 Å². The highest BCUT2D eigenvalue weighted by molar-refractivity contribution is 5.38. The Kier molecular flexibility index (Phi) is 5.79. The van der Waals surface area contributed by atoms with Gasteiger partial charge in [-0.25, -0.2) is 0 Å². The molecule has 0 bridgehead atoms. The van der Waals surface area contributed by atoms with Crippen molar-refractivity contribution in [1.82, 2.24) is 4.90 Å². The molecule has 0 spiro atoms. The first-order valence-corrected chi connectivity index (χ1v) is 7.81. The SMILES string of the molecule is CCN(CC)C(C)(C)C(N)Cc1c(C)cc(C)cc1C. The van der Waals surface area contributed by atoms with Crippen molar-refractivity contribution in [2.24, 2.45) is 5.73 Å². The predicted molar refractivity (Wildman–Crippen MR) is 89.3 cm³/mol. The largest absolute Gasteiger partial charge is 0.326 e. The second-order valence-electron chi connectivity index (χ2n) is 6.51. The molecule has 0 fully saturated rings. The Labute approximate surface area is 125 Å². The second kappa shape index (κ2) is 6.73. The lowest BCUT2D eigenvalue weighted by Crippen LogP contribution is -2.56. The number of rotatable bonds is 6. The van der Waals surface area contributed by atoms with E-state index in [0.717, 1.165) is 19.5 Å². The molecule has 2 N–H and O–H groups in total. The summed E-state index contributed by atoms with van der Waals surface area (Å²) < 4.78 is 0. The Morgan fingerprint density at radius 2 is 1.50 bits per heavy atom. The molecule has 0 aliphatic heterocycles. The van der Waals surface area contributed by atoms with E-state index in [-0.39, 0.29) is 11.6 Å². The van der Waals surface area contributed by atoms with Gasteiger partial charge in [-0.05, 0) is 70.8 Å². The Morgan fingerprint density at radius 1 is 1.05 bits per heavy atom. The number of aryl methyl sites for hydroxylation is 3. The standard InChI is InChI=1S/C18H32N2/c1-8-20(9-2)18(6,7)17(19)12-16-14(4)10-13(3)11-15(16)5/h10-11,17H,8-9,12,19H2,1-7H3. The molecule has 0 radical (unpaired) electrons. The van der Waals surface area contributed by atoms with Crippen LogP contribution in [0.4, 0.5) is 0 Å². The summed E-state index contributed by atoms with van der Waals surface area (Å²) in [5, 5.41) is 0. The van der Waals surface area contributed by atoms with Gasteiger partial charge in [0.05, 0.1) is 0 Å². The quantitative estimate of drug-likeness (QED) is 0.860. The molecule has 0 aliphatic rings. The summed E-state index contributed by atoms with van der Waals surface area (Å²) in [6, 6.07) is 4.67. The van der Waals surface area contributed by atoms with Crippen LogP contribution in [0.1, 0.15) is 49.9 Å². The Balaban J connectivity index is 2.98. The first-order chi connectivity index (χ1) is 9.23. The van der Waals surface area contributed by atoms with E-state index >= 15 is 0 Å². The summed E-state index contributed by atoms with van der Waals surface area (Å²) >= 11 is 0. The predicted octanol–water partition coefficient (Wildman–Crippen LogP) is 3.60. The van der Waals surface area contributed by atoms with Gasteiger partial charge in [-0.3, -0.25) is 4.90 Å². The lowest BCUT2D eigenvalue weighted by molar-refractivity contribution is 0.106. The van der Waals surface area contributed by atoms with Crippen molar-refractivity contribution in [3.8, 4) is 0 Å². The molecule has 1 unspecified atom stereocenters. The number of likely N-dealkylation sites (N-methyl/N-ethyl adjacent to an activating group) is 1. The van der Waals surface area contributed by atoms with Gasteiger partial charge in [0.1, 0.15) is 0 Å². The van der Waals surface area contributed by atoms with E-state index in [0.29, 0.717) is 0 Å². The van der Waals surface area contributed by atoms with E-state index in [1.807, 2.05) is 0 Å². The van der Waals surface area contributed by atoms with Crippen molar-refractivity contribution < 1.29 is 0 Å². The molecule has 0 saturated heterocycles. The average Bonchev–Trinajstić information content (AvgIpc) is 2.34. The molecule has 1 aromatic rings. The van der Waals surface area contributed by atoms with E-state index in [2.05, 4.69) is 65.5 Å². The van der Waals surface area contributed by atoms with Crippen LogP contribution in [-0.4, -0.2) is 29.6 Å². The van der Waals surface area contributed by atoms with Crippen molar-refractivity contribution in [2.75, 3.05) is 13.1 Å². The molecule has 2 nitrogen and oxygen atoms in total. The highest BCUT2D eigenvalue weighted by atomic mass is 15.2. The zero-order chi connectivity index (χ0) is 15.5. The molecule has 0 aliphatic carbocycles. The molecule has 0 amide bonds. The maximum Gasteiger partial charge on any atom is 0.0307 e. The van der Waals surface area contributed by atoms with Crippen LogP contribution in [0.5, 0.6) is 0 Å². The van der Waals surface area contributed by atoms with Crippen LogP contribution in [-0.2, 0) is 6.42 Å². The van der Waals surface area contributed by atoms with Crippen molar-refractivity contribution in [3.05, 3.63) is 34.4 Å². The Hall–Kier alpha value is -0.860. The van der Waals surface area contributed by atoms with Gasteiger partial charge < -0.3 is 5.73 Å². The topological polar surface area (TPSA) is 29.3 Å². The normalized spacial score (nSPS) is 13.8. The van der Waals surface area contributed by atoms with Gasteiger partial charge in [-0.1, -0.05) is 31.5 Å². The molecule has 1 rings (SSSR count). The Morgan fingerprint density at radius 3 is 1.90 bits per heavy atom. The molecule has 20 heavy (non-hydrogen) atoms. The lowest BCUT2D eigenvalue weighted by Gasteiger charge is -2.42. The summed E-state index contributed by atoms with van der Waals surface area (Å²) in [6.07, 6.45) is 0.946. The maximum atomic E-state index is 6.57. The number of benzene rings is 1. The molecular weight excluding hydrogens is 244 g/mol. The zero-order valence-electron chi connectivity index (χ0n) is 14.4. The molecule has 0 saturated carbocycles. The first-order valence-electron chi connectivity index (χ1n) is 7.81.